The highest BCUT2D eigenvalue weighted by molar-refractivity contribution is 5.74. The highest BCUT2D eigenvalue weighted by Gasteiger charge is 2.38. The van der Waals surface area contributed by atoms with E-state index in [1.54, 1.807) is 0 Å². The normalized spacial score (nSPS) is 24.5. The lowest BCUT2D eigenvalue weighted by molar-refractivity contribution is -0.192. The first kappa shape index (κ1) is 14.6. The fourth-order valence-electron chi connectivity index (χ4n) is 0.913. The van der Waals surface area contributed by atoms with Gasteiger partial charge in [0.1, 0.15) is 12.2 Å². The lowest BCUT2D eigenvalue weighted by Gasteiger charge is -2.04. The van der Waals surface area contributed by atoms with E-state index in [0.29, 0.717) is 13.0 Å². The van der Waals surface area contributed by atoms with Gasteiger partial charge in [0.2, 0.25) is 0 Å². The Hall–Kier alpha value is -1.38. The summed E-state index contributed by atoms with van der Waals surface area (Å²) in [5.74, 6) is -3.85. The number of halogens is 4. The van der Waals surface area contributed by atoms with Crippen molar-refractivity contribution in [3.8, 4) is 0 Å². The van der Waals surface area contributed by atoms with Crippen molar-refractivity contribution >= 4 is 11.9 Å². The van der Waals surface area contributed by atoms with Crippen LogP contribution in [-0.4, -0.2) is 47.1 Å². The summed E-state index contributed by atoms with van der Waals surface area (Å²) in [5.41, 5.74) is 0. The first-order valence-electron chi connectivity index (χ1n) is 4.06. The van der Waals surface area contributed by atoms with Gasteiger partial charge in [-0.15, -0.1) is 0 Å². The predicted molar refractivity (Wildman–Crippen MR) is 42.6 cm³/mol. The summed E-state index contributed by atoms with van der Waals surface area (Å²) in [5, 5.41) is 17.9. The van der Waals surface area contributed by atoms with Gasteiger partial charge >= 0.3 is 18.1 Å². The molecule has 1 aliphatic rings. The van der Waals surface area contributed by atoms with Crippen molar-refractivity contribution in [3.05, 3.63) is 0 Å². The van der Waals surface area contributed by atoms with E-state index in [1.165, 1.54) is 0 Å². The van der Waals surface area contributed by atoms with E-state index in [1.807, 2.05) is 0 Å². The van der Waals surface area contributed by atoms with Crippen molar-refractivity contribution < 1.29 is 37.4 Å². The van der Waals surface area contributed by atoms with Crippen LogP contribution in [0.3, 0.4) is 0 Å². The monoisotopic (exact) mass is 247 g/mol. The van der Waals surface area contributed by atoms with Crippen LogP contribution >= 0.6 is 0 Å². The van der Waals surface area contributed by atoms with E-state index in [2.05, 4.69) is 5.32 Å². The quantitative estimate of drug-likeness (QED) is 0.584. The van der Waals surface area contributed by atoms with Crippen LogP contribution in [0.2, 0.25) is 0 Å². The predicted octanol–water partition coefficient (Wildman–Crippen LogP) is 0.404. The lowest BCUT2D eigenvalue weighted by Crippen LogP contribution is -2.36. The van der Waals surface area contributed by atoms with Gasteiger partial charge in [0.15, 0.2) is 0 Å². The Morgan fingerprint density at radius 3 is 1.81 bits per heavy atom. The molecule has 0 aliphatic carbocycles. The minimum Gasteiger partial charge on any atom is -0.480 e. The zero-order valence-electron chi connectivity index (χ0n) is 7.79. The molecule has 5 nitrogen and oxygen atoms in total. The van der Waals surface area contributed by atoms with E-state index < -0.39 is 30.3 Å². The van der Waals surface area contributed by atoms with Gasteiger partial charge in [-0.05, 0) is 13.0 Å². The van der Waals surface area contributed by atoms with Gasteiger partial charge in [0.05, 0.1) is 0 Å². The fraction of sp³-hybridized carbons (Fsp3) is 0.714. The van der Waals surface area contributed by atoms with Crippen molar-refractivity contribution in [2.75, 3.05) is 6.54 Å². The molecule has 0 unspecified atom stereocenters. The molecule has 1 rings (SSSR count). The summed E-state index contributed by atoms with van der Waals surface area (Å²) >= 11 is 0. The van der Waals surface area contributed by atoms with Crippen molar-refractivity contribution in [1.29, 1.82) is 0 Å². The molecule has 0 amide bonds. The van der Waals surface area contributed by atoms with Crippen molar-refractivity contribution in [2.45, 2.75) is 24.8 Å². The smallest absolute Gasteiger partial charge is 0.480 e. The minimum atomic E-state index is -5.08. The molecular formula is C7H9F4NO4. The van der Waals surface area contributed by atoms with Gasteiger partial charge in [-0.1, -0.05) is 0 Å². The summed E-state index contributed by atoms with van der Waals surface area (Å²) in [4.78, 5) is 19.0. The standard InChI is InChI=1S/C5H8FNO2.C2HF3O2/c6-3-1-2-7-4(3)5(8)9;3-2(4,5)1(6)7/h3-4,7H,1-2H2,(H,8,9);(H,6,7)/t3-,4-;/m1./s1. The Morgan fingerprint density at radius 1 is 1.25 bits per heavy atom. The SMILES string of the molecule is O=C(O)C(F)(F)F.O=C(O)[C@@H]1NCC[C@H]1F. The largest absolute Gasteiger partial charge is 0.490 e. The molecule has 1 heterocycles. The Kier molecular flexibility index (Phi) is 5.15. The first-order chi connectivity index (χ1) is 7.16. The van der Waals surface area contributed by atoms with E-state index in [9.17, 15) is 22.4 Å². The fourth-order valence-corrected chi connectivity index (χ4v) is 0.913. The second-order valence-electron chi connectivity index (χ2n) is 2.88. The van der Waals surface area contributed by atoms with Gasteiger partial charge < -0.3 is 15.5 Å². The second-order valence-corrected chi connectivity index (χ2v) is 2.88. The highest BCUT2D eigenvalue weighted by atomic mass is 19.4. The average Bonchev–Trinajstić information content (AvgIpc) is 2.50. The molecule has 16 heavy (non-hydrogen) atoms. The van der Waals surface area contributed by atoms with Gasteiger partial charge in [-0.2, -0.15) is 13.2 Å². The summed E-state index contributed by atoms with van der Waals surface area (Å²) < 4.78 is 44.1. The van der Waals surface area contributed by atoms with Crippen LogP contribution in [0.25, 0.3) is 0 Å². The molecule has 0 saturated carbocycles. The van der Waals surface area contributed by atoms with Crippen LogP contribution in [0, 0.1) is 0 Å². The Balaban J connectivity index is 0.000000293. The third-order valence-corrected chi connectivity index (χ3v) is 1.65. The Labute approximate surface area is 87.1 Å². The summed E-state index contributed by atoms with van der Waals surface area (Å²) in [7, 11) is 0. The molecule has 3 N–H and O–H groups in total. The van der Waals surface area contributed by atoms with Crippen molar-refractivity contribution in [2.24, 2.45) is 0 Å². The van der Waals surface area contributed by atoms with Crippen molar-refractivity contribution in [3.63, 3.8) is 0 Å². The maximum atomic E-state index is 12.4. The molecule has 0 aromatic rings. The van der Waals surface area contributed by atoms with Gasteiger partial charge in [0.25, 0.3) is 0 Å². The van der Waals surface area contributed by atoms with E-state index in [-0.39, 0.29) is 0 Å². The Morgan fingerprint density at radius 2 is 1.69 bits per heavy atom. The van der Waals surface area contributed by atoms with Crippen LogP contribution in [0.5, 0.6) is 0 Å². The maximum absolute atomic E-state index is 12.4. The summed E-state index contributed by atoms with van der Waals surface area (Å²) in [6.07, 6.45) is -5.97. The molecule has 1 aliphatic heterocycles. The summed E-state index contributed by atoms with van der Waals surface area (Å²) in [6, 6.07) is -0.968. The molecule has 2 atom stereocenters. The molecule has 94 valence electrons. The van der Waals surface area contributed by atoms with Crippen LogP contribution in [-0.2, 0) is 9.59 Å². The number of rotatable bonds is 1. The third kappa shape index (κ3) is 4.91. The van der Waals surface area contributed by atoms with Crippen LogP contribution in [0.1, 0.15) is 6.42 Å². The van der Waals surface area contributed by atoms with Gasteiger partial charge in [-0.3, -0.25) is 4.79 Å². The zero-order valence-corrected chi connectivity index (χ0v) is 7.79. The number of alkyl halides is 4. The minimum absolute atomic E-state index is 0.316. The number of hydrogen-bond acceptors (Lipinski definition) is 3. The molecule has 0 aromatic carbocycles. The zero-order chi connectivity index (χ0) is 12.9. The number of hydrogen-bond donors (Lipinski definition) is 3. The molecule has 1 fully saturated rings. The maximum Gasteiger partial charge on any atom is 0.490 e. The van der Waals surface area contributed by atoms with Crippen LogP contribution in [0.4, 0.5) is 17.6 Å². The van der Waals surface area contributed by atoms with E-state index in [4.69, 9.17) is 15.0 Å². The first-order valence-corrected chi connectivity index (χ1v) is 4.06. The molecule has 1 saturated heterocycles. The number of nitrogens with one attached hydrogen (secondary N) is 1. The number of carbonyl (C=O) groups is 2. The summed E-state index contributed by atoms with van der Waals surface area (Å²) in [6.45, 7) is 0.470. The van der Waals surface area contributed by atoms with Gasteiger partial charge in [-0.25, -0.2) is 9.18 Å². The average molecular weight is 247 g/mol. The lowest BCUT2D eigenvalue weighted by atomic mass is 10.2. The molecule has 0 aromatic heterocycles. The number of carboxylic acid groups (broad SMARTS) is 2. The molecule has 0 bridgehead atoms. The second kappa shape index (κ2) is 5.64. The number of carboxylic acids is 2. The van der Waals surface area contributed by atoms with Gasteiger partial charge in [0, 0.05) is 0 Å². The third-order valence-electron chi connectivity index (χ3n) is 1.65. The van der Waals surface area contributed by atoms with E-state index >= 15 is 0 Å². The topological polar surface area (TPSA) is 86.6 Å². The van der Waals surface area contributed by atoms with E-state index in [0.717, 1.165) is 0 Å². The molecule has 0 radical (unpaired) electrons. The molecule has 0 spiro atoms. The van der Waals surface area contributed by atoms with Crippen molar-refractivity contribution in [1.82, 2.24) is 5.32 Å². The molecular weight excluding hydrogens is 238 g/mol. The highest BCUT2D eigenvalue weighted by Crippen LogP contribution is 2.13. The van der Waals surface area contributed by atoms with Crippen LogP contribution < -0.4 is 5.32 Å². The number of aliphatic carboxylic acids is 2. The Bertz CT molecular complexity index is 268. The molecule has 9 heteroatoms. The van der Waals surface area contributed by atoms with Crippen LogP contribution in [0.15, 0.2) is 0 Å².